The number of rotatable bonds is 1. The fraction of sp³-hybridized carbons (Fsp3) is 0. The molecule has 0 heterocycles. The summed E-state index contributed by atoms with van der Waals surface area (Å²) in [5, 5.41) is 3.32. The second kappa shape index (κ2) is 5.38. The summed E-state index contributed by atoms with van der Waals surface area (Å²) < 4.78 is 31.9. The van der Waals surface area contributed by atoms with Gasteiger partial charge in [-0.25, -0.2) is 0 Å². The first kappa shape index (κ1) is 14.8. The summed E-state index contributed by atoms with van der Waals surface area (Å²) in [5.41, 5.74) is 0. The second-order valence-electron chi connectivity index (χ2n) is 4.15. The van der Waals surface area contributed by atoms with Crippen LogP contribution in [0.1, 0.15) is 0 Å². The SMILES string of the molecule is O=S(=O)(O)c1cccc2cc3ccccc3cc12.[CaH2]. The van der Waals surface area contributed by atoms with E-state index in [4.69, 9.17) is 0 Å². The summed E-state index contributed by atoms with van der Waals surface area (Å²) in [4.78, 5) is -0.0502. The zero-order valence-electron chi connectivity index (χ0n) is 9.37. The van der Waals surface area contributed by atoms with Gasteiger partial charge in [0.15, 0.2) is 0 Å². The van der Waals surface area contributed by atoms with Crippen LogP contribution in [-0.4, -0.2) is 50.7 Å². The summed E-state index contributed by atoms with van der Waals surface area (Å²) in [6, 6.07) is 16.3. The van der Waals surface area contributed by atoms with E-state index in [9.17, 15) is 13.0 Å². The molecule has 0 aromatic heterocycles. The van der Waals surface area contributed by atoms with Gasteiger partial charge in [-0.3, -0.25) is 4.55 Å². The molecule has 0 saturated carbocycles. The van der Waals surface area contributed by atoms with Gasteiger partial charge in [0, 0.05) is 5.39 Å². The molecule has 0 bridgehead atoms. The molecule has 3 nitrogen and oxygen atoms in total. The van der Waals surface area contributed by atoms with E-state index in [1.807, 2.05) is 36.4 Å². The van der Waals surface area contributed by atoms with E-state index < -0.39 is 10.1 Å². The van der Waals surface area contributed by atoms with Crippen LogP contribution in [-0.2, 0) is 10.1 Å². The van der Waals surface area contributed by atoms with Gasteiger partial charge in [-0.05, 0) is 34.4 Å². The van der Waals surface area contributed by atoms with Crippen molar-refractivity contribution in [3.8, 4) is 0 Å². The molecule has 0 spiro atoms. The van der Waals surface area contributed by atoms with Crippen molar-refractivity contribution >= 4 is 69.4 Å². The van der Waals surface area contributed by atoms with Crippen LogP contribution in [0.4, 0.5) is 0 Å². The van der Waals surface area contributed by atoms with Crippen LogP contribution >= 0.6 is 0 Å². The Morgan fingerprint density at radius 3 is 2.00 bits per heavy atom. The molecule has 0 aliphatic carbocycles. The van der Waals surface area contributed by atoms with E-state index >= 15 is 0 Å². The van der Waals surface area contributed by atoms with Crippen LogP contribution in [0, 0.1) is 0 Å². The molecule has 94 valence electrons. The van der Waals surface area contributed by atoms with Crippen molar-refractivity contribution in [3.63, 3.8) is 0 Å². The minimum absolute atomic E-state index is 0. The Bertz CT molecular complexity index is 857. The molecule has 0 unspecified atom stereocenters. The molecule has 3 aromatic rings. The van der Waals surface area contributed by atoms with Gasteiger partial charge in [0.05, 0.1) is 0 Å². The van der Waals surface area contributed by atoms with Crippen LogP contribution in [0.3, 0.4) is 0 Å². The van der Waals surface area contributed by atoms with Crippen LogP contribution < -0.4 is 0 Å². The van der Waals surface area contributed by atoms with Gasteiger partial charge in [-0.2, -0.15) is 8.42 Å². The topological polar surface area (TPSA) is 54.4 Å². The molecule has 3 rings (SSSR count). The summed E-state index contributed by atoms with van der Waals surface area (Å²) >= 11 is 0. The van der Waals surface area contributed by atoms with Gasteiger partial charge in [0.2, 0.25) is 0 Å². The average Bonchev–Trinajstić information content (AvgIpc) is 2.34. The molecule has 5 heteroatoms. The molecule has 0 atom stereocenters. The van der Waals surface area contributed by atoms with Crippen LogP contribution in [0.2, 0.25) is 0 Å². The standard InChI is InChI=1S/C14H10O3S.Ca.2H/c15-18(16,17)14-7-3-6-12-8-10-4-1-2-5-11(10)9-13(12)14;;;/h1-9H,(H,15,16,17);;;. The van der Waals surface area contributed by atoms with E-state index in [0.29, 0.717) is 5.39 Å². The van der Waals surface area contributed by atoms with Crippen molar-refractivity contribution in [1.82, 2.24) is 0 Å². The van der Waals surface area contributed by atoms with Crippen molar-refractivity contribution in [1.29, 1.82) is 0 Å². The summed E-state index contributed by atoms with van der Waals surface area (Å²) in [6.45, 7) is 0. The fourth-order valence-corrected chi connectivity index (χ4v) is 2.87. The number of fused-ring (bicyclic) bond motifs is 2. The molecule has 19 heavy (non-hydrogen) atoms. The third-order valence-corrected chi connectivity index (χ3v) is 3.90. The molecule has 0 saturated heterocycles. The van der Waals surface area contributed by atoms with Crippen molar-refractivity contribution in [2.75, 3.05) is 0 Å². The fourth-order valence-electron chi connectivity index (χ4n) is 2.16. The molecule has 0 amide bonds. The summed E-state index contributed by atoms with van der Waals surface area (Å²) in [6.07, 6.45) is 0. The van der Waals surface area contributed by atoms with E-state index in [0.717, 1.165) is 16.2 Å². The Kier molecular flexibility index (Phi) is 4.18. The number of hydrogen-bond donors (Lipinski definition) is 1. The first-order valence-electron chi connectivity index (χ1n) is 5.45. The Labute approximate surface area is 141 Å². The first-order chi connectivity index (χ1) is 8.55. The third kappa shape index (κ3) is 2.78. The quantitative estimate of drug-likeness (QED) is 0.426. The third-order valence-electron chi connectivity index (χ3n) is 2.98. The van der Waals surface area contributed by atoms with Crippen molar-refractivity contribution in [2.45, 2.75) is 4.90 Å². The van der Waals surface area contributed by atoms with Crippen molar-refractivity contribution in [3.05, 3.63) is 54.6 Å². The average molecular weight is 300 g/mol. The molecular weight excluding hydrogens is 288 g/mol. The van der Waals surface area contributed by atoms with Crippen LogP contribution in [0.15, 0.2) is 59.5 Å². The van der Waals surface area contributed by atoms with E-state index in [-0.39, 0.29) is 42.6 Å². The maximum atomic E-state index is 11.3. The number of hydrogen-bond acceptors (Lipinski definition) is 2. The molecule has 0 aliphatic rings. The molecule has 0 radical (unpaired) electrons. The predicted molar refractivity (Wildman–Crippen MR) is 79.8 cm³/mol. The zero-order chi connectivity index (χ0) is 12.8. The Morgan fingerprint density at radius 2 is 1.37 bits per heavy atom. The van der Waals surface area contributed by atoms with Gasteiger partial charge in [0.25, 0.3) is 10.1 Å². The van der Waals surface area contributed by atoms with E-state index in [1.165, 1.54) is 6.07 Å². The molecular formula is C14H12CaO3S. The Balaban J connectivity index is 0.00000133. The van der Waals surface area contributed by atoms with Gasteiger partial charge in [0.1, 0.15) is 4.90 Å². The van der Waals surface area contributed by atoms with Crippen LogP contribution in [0.25, 0.3) is 21.5 Å². The monoisotopic (exact) mass is 300 g/mol. The summed E-state index contributed by atoms with van der Waals surface area (Å²) in [5.74, 6) is 0. The Morgan fingerprint density at radius 1 is 0.789 bits per heavy atom. The normalized spacial score (nSPS) is 11.4. The zero-order valence-corrected chi connectivity index (χ0v) is 10.2. The Hall–Kier alpha value is -0.650. The second-order valence-corrected chi connectivity index (χ2v) is 5.54. The van der Waals surface area contributed by atoms with Crippen LogP contribution in [0.5, 0.6) is 0 Å². The van der Waals surface area contributed by atoms with Gasteiger partial charge >= 0.3 is 37.7 Å². The summed E-state index contributed by atoms with van der Waals surface area (Å²) in [7, 11) is -4.20. The predicted octanol–water partition coefficient (Wildman–Crippen LogP) is 2.32. The number of benzene rings is 3. The van der Waals surface area contributed by atoms with Gasteiger partial charge < -0.3 is 0 Å². The van der Waals surface area contributed by atoms with E-state index in [2.05, 4.69) is 0 Å². The molecule has 3 aromatic carbocycles. The molecule has 1 N–H and O–H groups in total. The van der Waals surface area contributed by atoms with Crippen molar-refractivity contribution in [2.24, 2.45) is 0 Å². The van der Waals surface area contributed by atoms with Crippen molar-refractivity contribution < 1.29 is 13.0 Å². The first-order valence-corrected chi connectivity index (χ1v) is 6.89. The van der Waals surface area contributed by atoms with Gasteiger partial charge in [-0.1, -0.05) is 36.4 Å². The maximum absolute atomic E-state index is 11.3. The van der Waals surface area contributed by atoms with Gasteiger partial charge in [-0.15, -0.1) is 0 Å². The van der Waals surface area contributed by atoms with E-state index in [1.54, 1.807) is 12.1 Å². The molecule has 0 fully saturated rings. The molecule has 0 aliphatic heterocycles. The minimum atomic E-state index is -4.20.